The third kappa shape index (κ3) is 5.43. The van der Waals surface area contributed by atoms with E-state index in [4.69, 9.17) is 0 Å². The van der Waals surface area contributed by atoms with Crippen molar-refractivity contribution < 1.29 is 17.6 Å². The number of carbonyl (C=O) groups excluding carboxylic acids is 1. The Hall–Kier alpha value is -1.47. The fourth-order valence-electron chi connectivity index (χ4n) is 1.80. The van der Waals surface area contributed by atoms with E-state index in [0.717, 1.165) is 9.87 Å². The Morgan fingerprint density at radius 1 is 1.38 bits per heavy atom. The van der Waals surface area contributed by atoms with E-state index in [1.165, 1.54) is 26.2 Å². The molecule has 1 N–H and O–H groups in total. The fourth-order valence-corrected chi connectivity index (χ4v) is 3.06. The molecule has 0 aliphatic carbocycles. The van der Waals surface area contributed by atoms with Crippen LogP contribution in [-0.2, 0) is 20.6 Å². The lowest BCUT2D eigenvalue weighted by Crippen LogP contribution is -2.30. The molecule has 0 bridgehead atoms. The first kappa shape index (κ1) is 17.6. The number of rotatable bonds is 7. The van der Waals surface area contributed by atoms with Crippen LogP contribution in [0.4, 0.5) is 4.39 Å². The molecule has 1 aromatic rings. The van der Waals surface area contributed by atoms with Crippen molar-refractivity contribution in [2.75, 3.05) is 20.6 Å². The van der Waals surface area contributed by atoms with Crippen LogP contribution in [0.1, 0.15) is 24.0 Å². The normalized spacial score (nSPS) is 11.7. The van der Waals surface area contributed by atoms with E-state index in [1.807, 2.05) is 0 Å². The predicted molar refractivity (Wildman–Crippen MR) is 79.7 cm³/mol. The van der Waals surface area contributed by atoms with Gasteiger partial charge in [-0.2, -0.15) is 0 Å². The summed E-state index contributed by atoms with van der Waals surface area (Å²) in [7, 11) is -0.625. The second kappa shape index (κ2) is 7.51. The van der Waals surface area contributed by atoms with Crippen LogP contribution >= 0.6 is 0 Å². The van der Waals surface area contributed by atoms with Gasteiger partial charge in [-0.05, 0) is 25.0 Å². The molecule has 21 heavy (non-hydrogen) atoms. The summed E-state index contributed by atoms with van der Waals surface area (Å²) in [6.45, 7) is 1.97. The highest BCUT2D eigenvalue weighted by Gasteiger charge is 2.20. The van der Waals surface area contributed by atoms with Gasteiger partial charge in [0.1, 0.15) is 5.82 Å². The Morgan fingerprint density at radius 3 is 2.62 bits per heavy atom. The van der Waals surface area contributed by atoms with Gasteiger partial charge in [0.2, 0.25) is 15.9 Å². The topological polar surface area (TPSA) is 66.5 Å². The summed E-state index contributed by atoms with van der Waals surface area (Å²) in [4.78, 5) is 11.1. The van der Waals surface area contributed by atoms with Gasteiger partial charge in [-0.15, -0.1) is 0 Å². The molecular formula is C14H21FN2O3S. The van der Waals surface area contributed by atoms with E-state index in [1.54, 1.807) is 13.0 Å². The molecular weight excluding hydrogens is 295 g/mol. The fraction of sp³-hybridized carbons (Fsp3) is 0.500. The van der Waals surface area contributed by atoms with Crippen LogP contribution in [0.5, 0.6) is 0 Å². The number of aryl methyl sites for hydroxylation is 1. The van der Waals surface area contributed by atoms with Gasteiger partial charge < -0.3 is 5.32 Å². The molecule has 0 saturated carbocycles. The summed E-state index contributed by atoms with van der Waals surface area (Å²) in [6, 6.07) is 4.48. The lowest BCUT2D eigenvalue weighted by atomic mass is 10.2. The van der Waals surface area contributed by atoms with E-state index >= 15 is 0 Å². The number of hydrogen-bond donors (Lipinski definition) is 1. The van der Waals surface area contributed by atoms with Gasteiger partial charge in [0.05, 0.1) is 5.75 Å². The summed E-state index contributed by atoms with van der Waals surface area (Å²) in [5.74, 6) is -1.03. The highest BCUT2D eigenvalue weighted by Crippen LogP contribution is 2.15. The van der Waals surface area contributed by atoms with Gasteiger partial charge in [0.15, 0.2) is 0 Å². The molecule has 1 rings (SSSR count). The lowest BCUT2D eigenvalue weighted by molar-refractivity contribution is -0.120. The zero-order valence-electron chi connectivity index (χ0n) is 12.5. The first-order valence-corrected chi connectivity index (χ1v) is 8.27. The van der Waals surface area contributed by atoms with Crippen LogP contribution in [0, 0.1) is 12.7 Å². The molecule has 0 saturated heterocycles. The Balaban J connectivity index is 2.65. The highest BCUT2D eigenvalue weighted by molar-refractivity contribution is 7.88. The third-order valence-corrected chi connectivity index (χ3v) is 4.99. The molecule has 0 fully saturated rings. The maximum atomic E-state index is 13.7. The minimum Gasteiger partial charge on any atom is -0.359 e. The maximum Gasteiger partial charge on any atom is 0.219 e. The monoisotopic (exact) mass is 316 g/mol. The third-order valence-electron chi connectivity index (χ3n) is 3.18. The smallest absolute Gasteiger partial charge is 0.219 e. The number of carbonyl (C=O) groups is 1. The molecule has 5 nitrogen and oxygen atoms in total. The molecule has 0 atom stereocenters. The van der Waals surface area contributed by atoms with E-state index < -0.39 is 15.8 Å². The van der Waals surface area contributed by atoms with E-state index in [9.17, 15) is 17.6 Å². The number of sulfonamides is 1. The van der Waals surface area contributed by atoms with Crippen LogP contribution < -0.4 is 5.32 Å². The molecule has 1 aromatic carbocycles. The van der Waals surface area contributed by atoms with Crippen LogP contribution in [-0.4, -0.2) is 39.3 Å². The van der Waals surface area contributed by atoms with Gasteiger partial charge in [-0.3, -0.25) is 4.79 Å². The predicted octanol–water partition coefficient (Wildman–Crippen LogP) is 1.42. The number of benzene rings is 1. The Morgan fingerprint density at radius 2 is 2.05 bits per heavy atom. The van der Waals surface area contributed by atoms with Crippen LogP contribution in [0.25, 0.3) is 0 Å². The van der Waals surface area contributed by atoms with Gasteiger partial charge >= 0.3 is 0 Å². The van der Waals surface area contributed by atoms with Crippen molar-refractivity contribution in [2.24, 2.45) is 0 Å². The largest absolute Gasteiger partial charge is 0.359 e. The van der Waals surface area contributed by atoms with Crippen molar-refractivity contribution in [3.63, 3.8) is 0 Å². The zero-order valence-corrected chi connectivity index (χ0v) is 13.3. The number of hydrogen-bond acceptors (Lipinski definition) is 3. The molecule has 0 unspecified atom stereocenters. The molecule has 1 amide bonds. The Bertz CT molecular complexity index is 602. The zero-order chi connectivity index (χ0) is 16.0. The minimum atomic E-state index is -3.59. The van der Waals surface area contributed by atoms with Gasteiger partial charge in [0.25, 0.3) is 0 Å². The summed E-state index contributed by atoms with van der Waals surface area (Å²) in [5, 5.41) is 2.47. The van der Waals surface area contributed by atoms with Crippen molar-refractivity contribution in [1.82, 2.24) is 9.62 Å². The Kier molecular flexibility index (Phi) is 6.29. The second-order valence-electron chi connectivity index (χ2n) is 4.95. The molecule has 0 heterocycles. The SMILES string of the molecule is CNC(=O)CCCN(C)S(=O)(=O)Cc1ccc(C)cc1F. The van der Waals surface area contributed by atoms with Crippen molar-refractivity contribution in [3.8, 4) is 0 Å². The number of halogens is 1. The molecule has 7 heteroatoms. The average Bonchev–Trinajstić information content (AvgIpc) is 2.41. The summed E-state index contributed by atoms with van der Waals surface area (Å²) in [6.07, 6.45) is 0.682. The molecule has 0 spiro atoms. The van der Waals surface area contributed by atoms with Crippen molar-refractivity contribution in [3.05, 3.63) is 35.1 Å². The van der Waals surface area contributed by atoms with Gasteiger partial charge in [0, 0.05) is 32.6 Å². The van der Waals surface area contributed by atoms with E-state index in [2.05, 4.69) is 5.32 Å². The van der Waals surface area contributed by atoms with Crippen molar-refractivity contribution >= 4 is 15.9 Å². The number of nitrogens with one attached hydrogen (secondary N) is 1. The summed E-state index contributed by atoms with van der Waals surface area (Å²) >= 11 is 0. The average molecular weight is 316 g/mol. The summed E-state index contributed by atoms with van der Waals surface area (Å²) < 4.78 is 39.2. The first-order chi connectivity index (χ1) is 9.76. The minimum absolute atomic E-state index is 0.134. The lowest BCUT2D eigenvalue weighted by Gasteiger charge is -2.17. The van der Waals surface area contributed by atoms with Crippen LogP contribution in [0.15, 0.2) is 18.2 Å². The first-order valence-electron chi connectivity index (χ1n) is 6.66. The Labute approximate surface area is 125 Å². The maximum absolute atomic E-state index is 13.7. The standard InChI is InChI=1S/C14H21FN2O3S/c1-11-6-7-12(13(15)9-11)10-21(19,20)17(3)8-4-5-14(18)16-2/h6-7,9H,4-5,8,10H2,1-3H3,(H,16,18). The van der Waals surface area contributed by atoms with Crippen molar-refractivity contribution in [1.29, 1.82) is 0 Å². The van der Waals surface area contributed by atoms with Gasteiger partial charge in [-0.1, -0.05) is 12.1 Å². The van der Waals surface area contributed by atoms with Crippen LogP contribution in [0.3, 0.4) is 0 Å². The van der Waals surface area contributed by atoms with Crippen LogP contribution in [0.2, 0.25) is 0 Å². The van der Waals surface area contributed by atoms with Gasteiger partial charge in [-0.25, -0.2) is 17.1 Å². The number of nitrogens with zero attached hydrogens (tertiary/aromatic N) is 1. The summed E-state index contributed by atoms with van der Waals surface area (Å²) in [5.41, 5.74) is 0.895. The van der Waals surface area contributed by atoms with Crippen molar-refractivity contribution in [2.45, 2.75) is 25.5 Å². The van der Waals surface area contributed by atoms with E-state index in [0.29, 0.717) is 6.42 Å². The molecule has 0 aliphatic heterocycles. The molecule has 118 valence electrons. The quantitative estimate of drug-likeness (QED) is 0.827. The molecule has 0 radical (unpaired) electrons. The molecule has 0 aromatic heterocycles. The molecule has 0 aliphatic rings. The van der Waals surface area contributed by atoms with E-state index in [-0.39, 0.29) is 30.2 Å². The second-order valence-corrected chi connectivity index (χ2v) is 7.03. The highest BCUT2D eigenvalue weighted by atomic mass is 32.2. The number of amides is 1.